The third-order valence-corrected chi connectivity index (χ3v) is 4.00. The van der Waals surface area contributed by atoms with E-state index in [0.717, 1.165) is 38.5 Å². The summed E-state index contributed by atoms with van der Waals surface area (Å²) in [6.07, 6.45) is 5.30. The molecule has 6 nitrogen and oxygen atoms in total. The van der Waals surface area contributed by atoms with Crippen molar-refractivity contribution in [3.8, 4) is 0 Å². The molecule has 1 saturated carbocycles. The zero-order valence-electron chi connectivity index (χ0n) is 11.1. The summed E-state index contributed by atoms with van der Waals surface area (Å²) in [5, 5.41) is 7.12. The summed E-state index contributed by atoms with van der Waals surface area (Å²) in [5.41, 5.74) is -0.458. The van der Waals surface area contributed by atoms with Crippen molar-refractivity contribution >= 4 is 5.91 Å². The van der Waals surface area contributed by atoms with E-state index in [1.165, 1.54) is 0 Å². The van der Waals surface area contributed by atoms with Gasteiger partial charge in [-0.1, -0.05) is 18.0 Å². The van der Waals surface area contributed by atoms with E-state index in [2.05, 4.69) is 15.5 Å². The molecule has 0 radical (unpaired) electrons. The van der Waals surface area contributed by atoms with Gasteiger partial charge in [-0.25, -0.2) is 0 Å². The highest BCUT2D eigenvalue weighted by Crippen LogP contribution is 2.37. The van der Waals surface area contributed by atoms with Gasteiger partial charge in [0.1, 0.15) is 11.6 Å². The third-order valence-electron chi connectivity index (χ3n) is 4.00. The first-order chi connectivity index (χ1) is 9.20. The lowest BCUT2D eigenvalue weighted by atomic mass is 9.96. The Bertz CT molecular complexity index is 459. The van der Waals surface area contributed by atoms with Crippen LogP contribution in [0.25, 0.3) is 0 Å². The zero-order valence-corrected chi connectivity index (χ0v) is 11.1. The molecule has 1 unspecified atom stereocenters. The Morgan fingerprint density at radius 1 is 1.37 bits per heavy atom. The molecule has 1 aromatic heterocycles. The molecule has 19 heavy (non-hydrogen) atoms. The molecule has 6 heteroatoms. The molecule has 2 heterocycles. The lowest BCUT2D eigenvalue weighted by molar-refractivity contribution is -0.132. The number of ether oxygens (including phenoxy) is 1. The number of amides is 1. The van der Waals surface area contributed by atoms with Gasteiger partial charge in [-0.15, -0.1) is 0 Å². The van der Waals surface area contributed by atoms with Crippen LogP contribution in [0.2, 0.25) is 0 Å². The van der Waals surface area contributed by atoms with Crippen molar-refractivity contribution in [2.24, 2.45) is 0 Å². The van der Waals surface area contributed by atoms with Crippen LogP contribution in [0, 0.1) is 6.92 Å². The van der Waals surface area contributed by atoms with Crippen molar-refractivity contribution in [1.29, 1.82) is 0 Å². The van der Waals surface area contributed by atoms with Gasteiger partial charge >= 0.3 is 0 Å². The highest BCUT2D eigenvalue weighted by molar-refractivity contribution is 5.81. The van der Waals surface area contributed by atoms with Crippen molar-refractivity contribution in [2.75, 3.05) is 6.61 Å². The lowest BCUT2D eigenvalue weighted by Crippen LogP contribution is -2.48. The number of aryl methyl sites for hydroxylation is 1. The Kier molecular flexibility index (Phi) is 3.26. The van der Waals surface area contributed by atoms with Crippen molar-refractivity contribution in [3.05, 3.63) is 11.7 Å². The fourth-order valence-corrected chi connectivity index (χ4v) is 2.98. The highest BCUT2D eigenvalue weighted by atomic mass is 16.5. The molecule has 2 aliphatic rings. The van der Waals surface area contributed by atoms with Gasteiger partial charge in [-0.2, -0.15) is 4.98 Å². The molecule has 104 valence electrons. The molecule has 1 aliphatic carbocycles. The predicted octanol–water partition coefficient (Wildman–Crippen LogP) is 1.44. The van der Waals surface area contributed by atoms with Crippen LogP contribution < -0.4 is 5.32 Å². The molecule has 2 fully saturated rings. The number of carbonyl (C=O) groups excluding carboxylic acids is 1. The molecule has 1 aromatic rings. The molecular weight excluding hydrogens is 246 g/mol. The monoisotopic (exact) mass is 265 g/mol. The van der Waals surface area contributed by atoms with Gasteiger partial charge in [-0.05, 0) is 25.7 Å². The average Bonchev–Trinajstić information content (AvgIpc) is 3.08. The van der Waals surface area contributed by atoms with Gasteiger partial charge in [0.15, 0.2) is 5.82 Å². The van der Waals surface area contributed by atoms with E-state index in [1.807, 2.05) is 0 Å². The van der Waals surface area contributed by atoms with Gasteiger partial charge < -0.3 is 14.6 Å². The van der Waals surface area contributed by atoms with Crippen LogP contribution in [0.4, 0.5) is 0 Å². The average molecular weight is 265 g/mol. The number of aromatic nitrogens is 2. The van der Waals surface area contributed by atoms with Gasteiger partial charge in [0.25, 0.3) is 0 Å². The fraction of sp³-hybridized carbons (Fsp3) is 0.769. The number of hydrogen-bond acceptors (Lipinski definition) is 5. The van der Waals surface area contributed by atoms with Gasteiger partial charge in [0.2, 0.25) is 11.8 Å². The minimum absolute atomic E-state index is 0.0400. The van der Waals surface area contributed by atoms with Crippen LogP contribution in [-0.4, -0.2) is 28.8 Å². The first kappa shape index (κ1) is 12.6. The molecular formula is C13H19N3O3. The van der Waals surface area contributed by atoms with Crippen molar-refractivity contribution in [1.82, 2.24) is 15.5 Å². The summed E-state index contributed by atoms with van der Waals surface area (Å²) in [4.78, 5) is 16.6. The number of rotatable bonds is 3. The third kappa shape index (κ3) is 2.36. The molecule has 0 bridgehead atoms. The van der Waals surface area contributed by atoms with E-state index in [-0.39, 0.29) is 12.0 Å². The Hall–Kier alpha value is -1.43. The second kappa shape index (κ2) is 4.92. The Morgan fingerprint density at radius 3 is 2.74 bits per heavy atom. The topological polar surface area (TPSA) is 77.2 Å². The molecule has 0 aromatic carbocycles. The van der Waals surface area contributed by atoms with Crippen LogP contribution in [-0.2, 0) is 15.1 Å². The molecule has 1 atom stereocenters. The first-order valence-corrected chi connectivity index (χ1v) is 6.94. The second-order valence-corrected chi connectivity index (χ2v) is 5.42. The predicted molar refractivity (Wildman–Crippen MR) is 66.3 cm³/mol. The van der Waals surface area contributed by atoms with Crippen LogP contribution in [0.3, 0.4) is 0 Å². The molecule has 1 saturated heterocycles. The maximum atomic E-state index is 12.3. The minimum Gasteiger partial charge on any atom is -0.368 e. The Morgan fingerprint density at radius 2 is 2.16 bits per heavy atom. The van der Waals surface area contributed by atoms with E-state index >= 15 is 0 Å². The van der Waals surface area contributed by atoms with E-state index < -0.39 is 5.54 Å². The molecule has 1 aliphatic heterocycles. The van der Waals surface area contributed by atoms with Crippen molar-refractivity contribution < 1.29 is 14.1 Å². The maximum Gasteiger partial charge on any atom is 0.249 e. The highest BCUT2D eigenvalue weighted by Gasteiger charge is 2.42. The smallest absolute Gasteiger partial charge is 0.249 e. The lowest BCUT2D eigenvalue weighted by Gasteiger charge is -2.28. The molecule has 3 rings (SSSR count). The van der Waals surface area contributed by atoms with Crippen molar-refractivity contribution in [2.45, 2.75) is 57.1 Å². The Balaban J connectivity index is 1.78. The number of nitrogens with one attached hydrogen (secondary N) is 1. The van der Waals surface area contributed by atoms with Crippen LogP contribution in [0.1, 0.15) is 50.2 Å². The Labute approximate surface area is 111 Å². The number of nitrogens with zero attached hydrogens (tertiary/aromatic N) is 2. The zero-order chi connectivity index (χ0) is 13.3. The summed E-state index contributed by atoms with van der Waals surface area (Å²) < 4.78 is 10.5. The summed E-state index contributed by atoms with van der Waals surface area (Å²) >= 11 is 0. The van der Waals surface area contributed by atoms with Gasteiger partial charge in [0.05, 0.1) is 0 Å². The van der Waals surface area contributed by atoms with Crippen LogP contribution in [0.5, 0.6) is 0 Å². The minimum atomic E-state index is -0.458. The summed E-state index contributed by atoms with van der Waals surface area (Å²) in [5.74, 6) is 1.10. The summed E-state index contributed by atoms with van der Waals surface area (Å²) in [7, 11) is 0. The van der Waals surface area contributed by atoms with Crippen LogP contribution >= 0.6 is 0 Å². The normalized spacial score (nSPS) is 25.6. The second-order valence-electron chi connectivity index (χ2n) is 5.42. The molecule has 0 spiro atoms. The van der Waals surface area contributed by atoms with Crippen LogP contribution in [0.15, 0.2) is 4.52 Å². The summed E-state index contributed by atoms with van der Waals surface area (Å²) in [6, 6.07) is 0. The SMILES string of the molecule is Cc1nc(C2(NC(=O)C3CCCO3)CCCC2)no1. The number of hydrogen-bond donors (Lipinski definition) is 1. The van der Waals surface area contributed by atoms with E-state index in [0.29, 0.717) is 18.3 Å². The van der Waals surface area contributed by atoms with Gasteiger partial charge in [-0.3, -0.25) is 4.79 Å². The van der Waals surface area contributed by atoms with Gasteiger partial charge in [0, 0.05) is 13.5 Å². The molecule has 1 amide bonds. The maximum absolute atomic E-state index is 12.3. The molecule has 1 N–H and O–H groups in total. The van der Waals surface area contributed by atoms with E-state index in [1.54, 1.807) is 6.92 Å². The number of carbonyl (C=O) groups is 1. The standard InChI is InChI=1S/C13H19N3O3/c1-9-14-12(16-19-9)13(6-2-3-7-13)15-11(17)10-5-4-8-18-10/h10H,2-8H2,1H3,(H,15,17). The largest absolute Gasteiger partial charge is 0.368 e. The van der Waals surface area contributed by atoms with E-state index in [9.17, 15) is 4.79 Å². The van der Waals surface area contributed by atoms with Crippen molar-refractivity contribution in [3.63, 3.8) is 0 Å². The fourth-order valence-electron chi connectivity index (χ4n) is 2.98. The summed E-state index contributed by atoms with van der Waals surface area (Å²) in [6.45, 7) is 2.44. The first-order valence-electron chi connectivity index (χ1n) is 6.94. The quantitative estimate of drug-likeness (QED) is 0.894. The van der Waals surface area contributed by atoms with E-state index in [4.69, 9.17) is 9.26 Å².